The Kier molecular flexibility index (Phi) is 8.56. The number of hydrogen-bond acceptors (Lipinski definition) is 6. The molecule has 0 saturated heterocycles. The highest BCUT2D eigenvalue weighted by Crippen LogP contribution is 2.49. The number of halogens is 3. The molecule has 1 fully saturated rings. The van der Waals surface area contributed by atoms with Crippen LogP contribution < -0.4 is 4.18 Å². The van der Waals surface area contributed by atoms with Crippen LogP contribution in [0, 0.1) is 11.8 Å². The summed E-state index contributed by atoms with van der Waals surface area (Å²) in [6.07, 6.45) is 1.89. The van der Waals surface area contributed by atoms with Crippen LogP contribution in [0.3, 0.4) is 0 Å². The summed E-state index contributed by atoms with van der Waals surface area (Å²) < 4.78 is 77.5. The maximum Gasteiger partial charge on any atom is 0.534 e. The Bertz CT molecular complexity index is 960. The summed E-state index contributed by atoms with van der Waals surface area (Å²) in [7, 11) is -4.30. The Balaban J connectivity index is 2.45. The molecule has 1 aliphatic rings. The van der Waals surface area contributed by atoms with Crippen LogP contribution in [0.1, 0.15) is 59.4 Å². The average Bonchev–Trinajstić information content (AvgIpc) is 2.70. The highest BCUT2D eigenvalue weighted by molar-refractivity contribution is 7.88. The van der Waals surface area contributed by atoms with E-state index in [0.717, 1.165) is 18.9 Å². The van der Waals surface area contributed by atoms with Crippen molar-refractivity contribution in [3.8, 4) is 5.75 Å². The average molecular weight is 510 g/mol. The molecule has 0 radical (unpaired) electrons. The first-order chi connectivity index (χ1) is 15.6. The zero-order valence-electron chi connectivity index (χ0n) is 20.4. The van der Waals surface area contributed by atoms with E-state index in [4.69, 9.17) is 9.47 Å². The van der Waals surface area contributed by atoms with E-state index >= 15 is 0 Å². The number of rotatable bonds is 7. The van der Waals surface area contributed by atoms with Gasteiger partial charge in [-0.1, -0.05) is 25.5 Å². The second-order valence-corrected chi connectivity index (χ2v) is 11.1. The predicted octanol–water partition coefficient (Wildman–Crippen LogP) is 5.45. The molecule has 3 unspecified atom stereocenters. The van der Waals surface area contributed by atoms with Gasteiger partial charge in [0, 0.05) is 26.1 Å². The van der Waals surface area contributed by atoms with Crippen molar-refractivity contribution < 1.29 is 40.0 Å². The Morgan fingerprint density at radius 3 is 2.38 bits per heavy atom. The number of carbonyl (C=O) groups excluding carboxylic acids is 1. The summed E-state index contributed by atoms with van der Waals surface area (Å²) in [5.41, 5.74) is -6.70. The third-order valence-electron chi connectivity index (χ3n) is 6.11. The standard InChI is InChI=1S/C23H34F3NO6S/c1-7-27(20(28)32-21(3,4)5)15-18-12-8-10-16(2)22(18,31-6)17-11-9-13-19(14-17)33-34(29,30)23(24,25)26/h9,11,13-14,16,18H,7-8,10,12,15H2,1-6H3. The topological polar surface area (TPSA) is 82.1 Å². The molecule has 194 valence electrons. The lowest BCUT2D eigenvalue weighted by molar-refractivity contribution is -0.132. The number of hydrogen-bond donors (Lipinski definition) is 0. The smallest absolute Gasteiger partial charge is 0.444 e. The molecule has 1 saturated carbocycles. The van der Waals surface area contributed by atoms with Crippen LogP contribution in [0.5, 0.6) is 5.75 Å². The van der Waals surface area contributed by atoms with Gasteiger partial charge in [-0.05, 0) is 64.2 Å². The minimum atomic E-state index is -5.81. The van der Waals surface area contributed by atoms with Crippen molar-refractivity contribution in [2.24, 2.45) is 11.8 Å². The summed E-state index contributed by atoms with van der Waals surface area (Å²) in [6.45, 7) is 9.84. The molecule has 1 aromatic rings. The Labute approximate surface area is 199 Å². The molecule has 0 aromatic heterocycles. The van der Waals surface area contributed by atoms with E-state index in [0.29, 0.717) is 25.1 Å². The third-order valence-corrected chi connectivity index (χ3v) is 7.09. The lowest BCUT2D eigenvalue weighted by atomic mass is 9.65. The fraction of sp³-hybridized carbons (Fsp3) is 0.696. The van der Waals surface area contributed by atoms with Crippen molar-refractivity contribution in [3.05, 3.63) is 29.8 Å². The Morgan fingerprint density at radius 1 is 1.21 bits per heavy atom. The molecular formula is C23H34F3NO6S. The first kappa shape index (κ1) is 28.2. The number of amides is 1. The monoisotopic (exact) mass is 509 g/mol. The Hall–Kier alpha value is -2.01. The van der Waals surface area contributed by atoms with Crippen molar-refractivity contribution in [2.75, 3.05) is 20.2 Å². The van der Waals surface area contributed by atoms with E-state index in [1.54, 1.807) is 31.7 Å². The fourth-order valence-corrected chi connectivity index (χ4v) is 5.08. The zero-order valence-corrected chi connectivity index (χ0v) is 21.3. The summed E-state index contributed by atoms with van der Waals surface area (Å²) >= 11 is 0. The number of ether oxygens (including phenoxy) is 2. The van der Waals surface area contributed by atoms with Crippen molar-refractivity contribution in [1.82, 2.24) is 4.90 Å². The summed E-state index contributed by atoms with van der Waals surface area (Å²) in [4.78, 5) is 14.3. The molecule has 11 heteroatoms. The first-order valence-electron chi connectivity index (χ1n) is 11.2. The molecule has 0 aliphatic heterocycles. The second-order valence-electron chi connectivity index (χ2n) is 9.56. The van der Waals surface area contributed by atoms with Gasteiger partial charge in [0.15, 0.2) is 0 Å². The number of alkyl halides is 3. The molecule has 0 bridgehead atoms. The second kappa shape index (κ2) is 10.3. The van der Waals surface area contributed by atoms with Crippen molar-refractivity contribution in [3.63, 3.8) is 0 Å². The number of methoxy groups -OCH3 is 1. The first-order valence-corrected chi connectivity index (χ1v) is 12.6. The molecule has 0 N–H and O–H groups in total. The quantitative estimate of drug-likeness (QED) is 0.359. The van der Waals surface area contributed by atoms with E-state index in [1.807, 2.05) is 13.8 Å². The third kappa shape index (κ3) is 6.16. The normalized spacial score (nSPS) is 23.9. The van der Waals surface area contributed by atoms with Gasteiger partial charge in [-0.3, -0.25) is 0 Å². The van der Waals surface area contributed by atoms with Gasteiger partial charge in [0.05, 0.1) is 5.60 Å². The highest BCUT2D eigenvalue weighted by Gasteiger charge is 2.50. The zero-order chi connectivity index (χ0) is 25.9. The van der Waals surface area contributed by atoms with Crippen molar-refractivity contribution >= 4 is 16.2 Å². The van der Waals surface area contributed by atoms with Gasteiger partial charge in [0.25, 0.3) is 0 Å². The van der Waals surface area contributed by atoms with Crippen LogP contribution in [0.25, 0.3) is 0 Å². The maximum absolute atomic E-state index is 12.8. The molecule has 1 aliphatic carbocycles. The molecule has 3 atom stereocenters. The molecule has 34 heavy (non-hydrogen) atoms. The van der Waals surface area contributed by atoms with Gasteiger partial charge in [-0.25, -0.2) is 4.79 Å². The van der Waals surface area contributed by atoms with Crippen LogP contribution in [-0.2, 0) is 25.2 Å². The van der Waals surface area contributed by atoms with Crippen molar-refractivity contribution in [2.45, 2.75) is 70.6 Å². The molecule has 0 heterocycles. The van der Waals surface area contributed by atoms with Gasteiger partial charge >= 0.3 is 21.7 Å². The summed E-state index contributed by atoms with van der Waals surface area (Å²) in [5, 5.41) is 0. The molecule has 2 rings (SSSR count). The predicted molar refractivity (Wildman–Crippen MR) is 121 cm³/mol. The van der Waals surface area contributed by atoms with Crippen LogP contribution in [0.15, 0.2) is 24.3 Å². The molecule has 0 spiro atoms. The molecular weight excluding hydrogens is 475 g/mol. The van der Waals surface area contributed by atoms with Gasteiger partial charge in [-0.2, -0.15) is 21.6 Å². The van der Waals surface area contributed by atoms with Crippen molar-refractivity contribution in [1.29, 1.82) is 0 Å². The van der Waals surface area contributed by atoms with E-state index in [9.17, 15) is 26.4 Å². The van der Waals surface area contributed by atoms with E-state index in [-0.39, 0.29) is 11.8 Å². The summed E-state index contributed by atoms with van der Waals surface area (Å²) in [6, 6.07) is 5.53. The van der Waals surface area contributed by atoms with Gasteiger partial charge in [-0.15, -0.1) is 0 Å². The van der Waals surface area contributed by atoms with Crippen LogP contribution in [0.4, 0.5) is 18.0 Å². The number of carbonyl (C=O) groups is 1. The van der Waals surface area contributed by atoms with E-state index in [1.165, 1.54) is 19.2 Å². The van der Waals surface area contributed by atoms with Crippen LogP contribution >= 0.6 is 0 Å². The molecule has 1 amide bonds. The SMILES string of the molecule is CCN(CC1CCCC(C)C1(OC)c1cccc(OS(=O)(=O)C(F)(F)F)c1)C(=O)OC(C)(C)C. The highest BCUT2D eigenvalue weighted by atomic mass is 32.2. The van der Waals surface area contributed by atoms with Gasteiger partial charge in [0.2, 0.25) is 0 Å². The minimum absolute atomic E-state index is 0.0666. The van der Waals surface area contributed by atoms with E-state index in [2.05, 4.69) is 4.18 Å². The molecule has 7 nitrogen and oxygen atoms in total. The van der Waals surface area contributed by atoms with Gasteiger partial charge in [0.1, 0.15) is 11.4 Å². The van der Waals surface area contributed by atoms with Gasteiger partial charge < -0.3 is 18.6 Å². The minimum Gasteiger partial charge on any atom is -0.444 e. The van der Waals surface area contributed by atoms with Crippen LogP contribution in [-0.4, -0.2) is 50.7 Å². The molecule has 1 aromatic carbocycles. The lowest BCUT2D eigenvalue weighted by Gasteiger charge is -2.49. The summed E-state index contributed by atoms with van der Waals surface area (Å²) in [5.74, 6) is -0.742. The number of nitrogens with zero attached hydrogens (tertiary/aromatic N) is 1. The number of benzene rings is 1. The van der Waals surface area contributed by atoms with Crippen LogP contribution in [0.2, 0.25) is 0 Å². The fourth-order valence-electron chi connectivity index (χ4n) is 4.62. The Morgan fingerprint density at radius 2 is 1.85 bits per heavy atom. The van der Waals surface area contributed by atoms with E-state index < -0.39 is 38.7 Å². The lowest BCUT2D eigenvalue weighted by Crippen LogP contribution is -2.51. The maximum atomic E-state index is 12.8. The largest absolute Gasteiger partial charge is 0.534 e.